The molecule has 0 spiro atoms. The Kier molecular flexibility index (Phi) is 2.98. The van der Waals surface area contributed by atoms with E-state index in [0.29, 0.717) is 6.04 Å². The van der Waals surface area contributed by atoms with E-state index >= 15 is 0 Å². The van der Waals surface area contributed by atoms with Crippen LogP contribution >= 0.6 is 0 Å². The number of H-pyrrole nitrogens is 1. The second-order valence-corrected chi connectivity index (χ2v) is 4.70. The molecular weight excluding hydrogens is 226 g/mol. The van der Waals surface area contributed by atoms with Gasteiger partial charge in [-0.3, -0.25) is 10.1 Å². The Morgan fingerprint density at radius 2 is 1.94 bits per heavy atom. The fourth-order valence-electron chi connectivity index (χ4n) is 2.28. The van der Waals surface area contributed by atoms with Gasteiger partial charge in [0, 0.05) is 43.2 Å². The van der Waals surface area contributed by atoms with Crippen molar-refractivity contribution >= 4 is 5.82 Å². The Morgan fingerprint density at radius 3 is 2.67 bits per heavy atom. The molecule has 3 rings (SSSR count). The summed E-state index contributed by atoms with van der Waals surface area (Å²) in [7, 11) is 0. The summed E-state index contributed by atoms with van der Waals surface area (Å²) >= 11 is 0. The van der Waals surface area contributed by atoms with Crippen molar-refractivity contribution in [3.8, 4) is 11.3 Å². The molecule has 0 radical (unpaired) electrons. The number of aromatic amines is 1. The first-order valence-electron chi connectivity index (χ1n) is 6.29. The van der Waals surface area contributed by atoms with Crippen LogP contribution in [0.5, 0.6) is 0 Å². The lowest BCUT2D eigenvalue weighted by atomic mass is 10.1. The van der Waals surface area contributed by atoms with E-state index < -0.39 is 0 Å². The van der Waals surface area contributed by atoms with Gasteiger partial charge in [0.05, 0.1) is 5.69 Å². The molecule has 1 saturated heterocycles. The zero-order valence-electron chi connectivity index (χ0n) is 10.2. The second-order valence-electron chi connectivity index (χ2n) is 4.70. The van der Waals surface area contributed by atoms with E-state index in [2.05, 4.69) is 26.1 Å². The summed E-state index contributed by atoms with van der Waals surface area (Å²) in [6, 6.07) is 6.39. The minimum Gasteiger partial charge on any atom is -0.355 e. The average molecular weight is 243 g/mol. The third-order valence-electron chi connectivity index (χ3n) is 3.42. The van der Waals surface area contributed by atoms with Gasteiger partial charge in [-0.1, -0.05) is 0 Å². The minimum atomic E-state index is 0.347. The molecule has 1 fully saturated rings. The highest BCUT2D eigenvalue weighted by Gasteiger charge is 2.18. The van der Waals surface area contributed by atoms with Crippen molar-refractivity contribution in [1.82, 2.24) is 15.2 Å². The summed E-state index contributed by atoms with van der Waals surface area (Å²) < 4.78 is 0. The largest absolute Gasteiger partial charge is 0.355 e. The van der Waals surface area contributed by atoms with Crippen LogP contribution in [0.25, 0.3) is 11.3 Å². The molecular formula is C13H17N5. The highest BCUT2D eigenvalue weighted by molar-refractivity contribution is 5.62. The molecule has 2 aromatic rings. The highest BCUT2D eigenvalue weighted by Crippen LogP contribution is 2.23. The molecule has 3 heterocycles. The van der Waals surface area contributed by atoms with Gasteiger partial charge in [-0.15, -0.1) is 0 Å². The van der Waals surface area contributed by atoms with Crippen LogP contribution in [0.3, 0.4) is 0 Å². The van der Waals surface area contributed by atoms with Crippen LogP contribution in [0, 0.1) is 0 Å². The Bertz CT molecular complexity index is 499. The first kappa shape index (κ1) is 11.2. The van der Waals surface area contributed by atoms with Crippen LogP contribution in [0.15, 0.2) is 30.6 Å². The van der Waals surface area contributed by atoms with E-state index in [-0.39, 0.29) is 0 Å². The van der Waals surface area contributed by atoms with Gasteiger partial charge in [-0.2, -0.15) is 5.10 Å². The fourth-order valence-corrected chi connectivity index (χ4v) is 2.28. The van der Waals surface area contributed by atoms with Gasteiger partial charge in [0.2, 0.25) is 0 Å². The molecule has 0 saturated carbocycles. The van der Waals surface area contributed by atoms with Crippen molar-refractivity contribution in [3.63, 3.8) is 0 Å². The second kappa shape index (κ2) is 4.78. The van der Waals surface area contributed by atoms with Gasteiger partial charge in [0.25, 0.3) is 0 Å². The molecule has 1 aliphatic rings. The molecule has 5 heteroatoms. The Morgan fingerprint density at radius 1 is 1.22 bits per heavy atom. The number of piperidine rings is 1. The maximum absolute atomic E-state index is 5.91. The van der Waals surface area contributed by atoms with Crippen LogP contribution in [0.1, 0.15) is 12.8 Å². The van der Waals surface area contributed by atoms with Crippen LogP contribution < -0.4 is 10.6 Å². The monoisotopic (exact) mass is 243 g/mol. The molecule has 1 aliphatic heterocycles. The van der Waals surface area contributed by atoms with Crippen molar-refractivity contribution in [2.45, 2.75) is 18.9 Å². The highest BCUT2D eigenvalue weighted by atomic mass is 15.3. The standard InChI is InChI=1S/C13H17N5/c14-11-3-7-18(8-4-11)13-9-12(16-17-13)10-1-5-15-6-2-10/h1-2,5-6,9,11H,3-4,7-8,14H2,(H,16,17). The third kappa shape index (κ3) is 2.22. The van der Waals surface area contributed by atoms with Crippen LogP contribution in [0.4, 0.5) is 5.82 Å². The van der Waals surface area contributed by atoms with Crippen molar-refractivity contribution in [2.75, 3.05) is 18.0 Å². The third-order valence-corrected chi connectivity index (χ3v) is 3.42. The van der Waals surface area contributed by atoms with E-state index in [0.717, 1.165) is 43.0 Å². The molecule has 18 heavy (non-hydrogen) atoms. The summed E-state index contributed by atoms with van der Waals surface area (Å²) in [5.41, 5.74) is 8.05. The summed E-state index contributed by atoms with van der Waals surface area (Å²) in [5, 5.41) is 7.46. The maximum Gasteiger partial charge on any atom is 0.150 e. The number of pyridine rings is 1. The lowest BCUT2D eigenvalue weighted by molar-refractivity contribution is 0.498. The Balaban J connectivity index is 1.78. The molecule has 2 aromatic heterocycles. The van der Waals surface area contributed by atoms with E-state index in [4.69, 9.17) is 5.73 Å². The molecule has 0 atom stereocenters. The smallest absolute Gasteiger partial charge is 0.150 e. The molecule has 0 bridgehead atoms. The first-order valence-corrected chi connectivity index (χ1v) is 6.29. The molecule has 0 unspecified atom stereocenters. The summed E-state index contributed by atoms with van der Waals surface area (Å²) in [6.07, 6.45) is 5.65. The fraction of sp³-hybridized carbons (Fsp3) is 0.385. The number of nitrogens with two attached hydrogens (primary N) is 1. The lowest BCUT2D eigenvalue weighted by Crippen LogP contribution is -2.39. The molecule has 0 aliphatic carbocycles. The van der Waals surface area contributed by atoms with Gasteiger partial charge >= 0.3 is 0 Å². The van der Waals surface area contributed by atoms with Crippen molar-refractivity contribution in [3.05, 3.63) is 30.6 Å². The van der Waals surface area contributed by atoms with Crippen LogP contribution in [-0.4, -0.2) is 34.3 Å². The molecule has 3 N–H and O–H groups in total. The van der Waals surface area contributed by atoms with Crippen molar-refractivity contribution in [1.29, 1.82) is 0 Å². The molecule has 5 nitrogen and oxygen atoms in total. The quantitative estimate of drug-likeness (QED) is 0.836. The van der Waals surface area contributed by atoms with Crippen LogP contribution in [0.2, 0.25) is 0 Å². The van der Waals surface area contributed by atoms with E-state index in [1.807, 2.05) is 12.1 Å². The Labute approximate surface area is 106 Å². The SMILES string of the molecule is NC1CCN(c2cc(-c3ccncc3)[nH]n2)CC1. The van der Waals surface area contributed by atoms with E-state index in [1.165, 1.54) is 0 Å². The molecule has 94 valence electrons. The van der Waals surface area contributed by atoms with Gasteiger partial charge in [0.1, 0.15) is 0 Å². The number of hydrogen-bond donors (Lipinski definition) is 2. The molecule has 0 amide bonds. The summed E-state index contributed by atoms with van der Waals surface area (Å²) in [5.74, 6) is 1.01. The van der Waals surface area contributed by atoms with Gasteiger partial charge in [0.15, 0.2) is 5.82 Å². The zero-order valence-corrected chi connectivity index (χ0v) is 10.2. The average Bonchev–Trinajstić information content (AvgIpc) is 2.90. The number of hydrogen-bond acceptors (Lipinski definition) is 4. The van der Waals surface area contributed by atoms with E-state index in [9.17, 15) is 0 Å². The van der Waals surface area contributed by atoms with Gasteiger partial charge in [-0.25, -0.2) is 0 Å². The first-order chi connectivity index (χ1) is 8.83. The number of aromatic nitrogens is 3. The predicted molar refractivity (Wildman–Crippen MR) is 71.2 cm³/mol. The predicted octanol–water partition coefficient (Wildman–Crippen LogP) is 1.40. The lowest BCUT2D eigenvalue weighted by Gasteiger charge is -2.29. The number of nitrogens with zero attached hydrogens (tertiary/aromatic N) is 3. The number of nitrogens with one attached hydrogen (secondary N) is 1. The van der Waals surface area contributed by atoms with Gasteiger partial charge < -0.3 is 10.6 Å². The van der Waals surface area contributed by atoms with E-state index in [1.54, 1.807) is 12.4 Å². The maximum atomic E-state index is 5.91. The summed E-state index contributed by atoms with van der Waals surface area (Å²) in [6.45, 7) is 1.98. The zero-order chi connectivity index (χ0) is 12.4. The van der Waals surface area contributed by atoms with Crippen LogP contribution in [-0.2, 0) is 0 Å². The van der Waals surface area contributed by atoms with Crippen molar-refractivity contribution < 1.29 is 0 Å². The summed E-state index contributed by atoms with van der Waals surface area (Å²) in [4.78, 5) is 6.30. The number of rotatable bonds is 2. The molecule has 0 aromatic carbocycles. The topological polar surface area (TPSA) is 70.8 Å². The minimum absolute atomic E-state index is 0.347. The Hall–Kier alpha value is -1.88. The number of anilines is 1. The van der Waals surface area contributed by atoms with Crippen molar-refractivity contribution in [2.24, 2.45) is 5.73 Å². The normalized spacial score (nSPS) is 17.1. The van der Waals surface area contributed by atoms with Gasteiger partial charge in [-0.05, 0) is 25.0 Å².